The molecule has 1 aromatic heterocycles. The van der Waals surface area contributed by atoms with Crippen LogP contribution in [0, 0.1) is 0 Å². The van der Waals surface area contributed by atoms with E-state index in [0.717, 1.165) is 17.5 Å². The van der Waals surface area contributed by atoms with Gasteiger partial charge in [-0.25, -0.2) is 0 Å². The highest BCUT2D eigenvalue weighted by molar-refractivity contribution is 7.99. The summed E-state index contributed by atoms with van der Waals surface area (Å²) in [6.07, 6.45) is 8.89. The number of aryl methyl sites for hydroxylation is 1. The van der Waals surface area contributed by atoms with E-state index in [-0.39, 0.29) is 0 Å². The van der Waals surface area contributed by atoms with Gasteiger partial charge >= 0.3 is 0 Å². The molecule has 4 heteroatoms. The fourth-order valence-electron chi connectivity index (χ4n) is 2.47. The van der Waals surface area contributed by atoms with Crippen molar-refractivity contribution in [1.82, 2.24) is 15.1 Å². The van der Waals surface area contributed by atoms with Crippen LogP contribution in [0.15, 0.2) is 12.3 Å². The summed E-state index contributed by atoms with van der Waals surface area (Å²) in [7, 11) is 1.99. The van der Waals surface area contributed by atoms with E-state index in [9.17, 15) is 0 Å². The molecule has 1 unspecified atom stereocenters. The molecule has 1 aromatic rings. The van der Waals surface area contributed by atoms with Gasteiger partial charge in [0.25, 0.3) is 0 Å². The number of nitrogens with one attached hydrogen (secondary N) is 1. The Bertz CT molecular complexity index is 345. The zero-order valence-electron chi connectivity index (χ0n) is 11.6. The average molecular weight is 267 g/mol. The number of hydrogen-bond donors (Lipinski definition) is 1. The first kappa shape index (κ1) is 13.9. The number of hydrogen-bond acceptors (Lipinski definition) is 3. The molecule has 1 fully saturated rings. The minimum Gasteiger partial charge on any atom is -0.308 e. The lowest BCUT2D eigenvalue weighted by molar-refractivity contribution is 0.555. The second-order valence-corrected chi connectivity index (χ2v) is 6.49. The highest BCUT2D eigenvalue weighted by atomic mass is 32.2. The molecule has 0 amide bonds. The van der Waals surface area contributed by atoms with Crippen LogP contribution in [0.5, 0.6) is 0 Å². The fraction of sp³-hybridized carbons (Fsp3) is 0.786. The first-order valence-corrected chi connectivity index (χ1v) is 8.19. The monoisotopic (exact) mass is 267 g/mol. The molecular weight excluding hydrogens is 242 g/mol. The van der Waals surface area contributed by atoms with E-state index in [1.165, 1.54) is 37.8 Å². The molecule has 102 valence electrons. The lowest BCUT2D eigenvalue weighted by Gasteiger charge is -2.18. The van der Waals surface area contributed by atoms with Crippen molar-refractivity contribution in [3.05, 3.63) is 18.0 Å². The largest absolute Gasteiger partial charge is 0.308 e. The second kappa shape index (κ2) is 7.19. The molecule has 1 saturated carbocycles. The third-order valence-corrected chi connectivity index (χ3v) is 5.00. The Hall–Kier alpha value is -0.480. The van der Waals surface area contributed by atoms with Crippen LogP contribution < -0.4 is 5.32 Å². The summed E-state index contributed by atoms with van der Waals surface area (Å²) in [6, 6.07) is 2.56. The van der Waals surface area contributed by atoms with Gasteiger partial charge in [0.15, 0.2) is 0 Å². The number of aromatic nitrogens is 2. The van der Waals surface area contributed by atoms with Crippen LogP contribution in [0.3, 0.4) is 0 Å². The summed E-state index contributed by atoms with van der Waals surface area (Å²) >= 11 is 2.13. The van der Waals surface area contributed by atoms with Crippen LogP contribution in [0.25, 0.3) is 0 Å². The Morgan fingerprint density at radius 3 is 2.89 bits per heavy atom. The molecule has 1 heterocycles. The molecular formula is C14H25N3S. The molecule has 0 bridgehead atoms. The molecule has 18 heavy (non-hydrogen) atoms. The summed E-state index contributed by atoms with van der Waals surface area (Å²) in [5.41, 5.74) is 1.19. The summed E-state index contributed by atoms with van der Waals surface area (Å²) in [5.74, 6) is 1.15. The smallest absolute Gasteiger partial charge is 0.0802 e. The molecule has 0 saturated heterocycles. The van der Waals surface area contributed by atoms with Gasteiger partial charge in [0.05, 0.1) is 11.7 Å². The molecule has 0 spiro atoms. The molecule has 1 N–H and O–H groups in total. The lowest BCUT2D eigenvalue weighted by atomic mass is 10.2. The topological polar surface area (TPSA) is 29.9 Å². The van der Waals surface area contributed by atoms with Gasteiger partial charge in [0, 0.05) is 24.2 Å². The SMILES string of the molecule is CCCNC(CSC1CCCC1)c1ccn(C)n1. The van der Waals surface area contributed by atoms with Gasteiger partial charge in [-0.3, -0.25) is 4.68 Å². The quantitative estimate of drug-likeness (QED) is 0.823. The van der Waals surface area contributed by atoms with Crippen molar-refractivity contribution in [3.63, 3.8) is 0 Å². The van der Waals surface area contributed by atoms with Crippen LogP contribution in [-0.2, 0) is 7.05 Å². The molecule has 1 aliphatic carbocycles. The Balaban J connectivity index is 1.87. The Morgan fingerprint density at radius 1 is 1.50 bits per heavy atom. The van der Waals surface area contributed by atoms with Crippen molar-refractivity contribution in [2.75, 3.05) is 12.3 Å². The van der Waals surface area contributed by atoms with Gasteiger partial charge < -0.3 is 5.32 Å². The predicted octanol–water partition coefficient (Wildman–Crippen LogP) is 3.14. The Kier molecular flexibility index (Phi) is 5.57. The average Bonchev–Trinajstić information content (AvgIpc) is 3.01. The zero-order chi connectivity index (χ0) is 12.8. The maximum atomic E-state index is 4.55. The van der Waals surface area contributed by atoms with Crippen molar-refractivity contribution in [2.45, 2.75) is 50.3 Å². The van der Waals surface area contributed by atoms with Crippen molar-refractivity contribution in [2.24, 2.45) is 7.05 Å². The van der Waals surface area contributed by atoms with E-state index in [1.54, 1.807) is 0 Å². The second-order valence-electron chi connectivity index (χ2n) is 5.16. The summed E-state index contributed by atoms with van der Waals surface area (Å²) in [5, 5.41) is 9.06. The van der Waals surface area contributed by atoms with Gasteiger partial charge in [0.1, 0.15) is 0 Å². The maximum Gasteiger partial charge on any atom is 0.0802 e. The van der Waals surface area contributed by atoms with E-state index < -0.39 is 0 Å². The first-order valence-electron chi connectivity index (χ1n) is 7.14. The fourth-order valence-corrected chi connectivity index (χ4v) is 3.89. The minimum atomic E-state index is 0.414. The van der Waals surface area contributed by atoms with Gasteiger partial charge in [0.2, 0.25) is 0 Å². The van der Waals surface area contributed by atoms with Gasteiger partial charge in [-0.05, 0) is 31.9 Å². The minimum absolute atomic E-state index is 0.414. The van der Waals surface area contributed by atoms with Crippen molar-refractivity contribution in [1.29, 1.82) is 0 Å². The summed E-state index contributed by atoms with van der Waals surface area (Å²) in [6.45, 7) is 3.29. The van der Waals surface area contributed by atoms with Crippen LogP contribution in [0.2, 0.25) is 0 Å². The number of nitrogens with zero attached hydrogens (tertiary/aromatic N) is 2. The van der Waals surface area contributed by atoms with Gasteiger partial charge in [-0.2, -0.15) is 16.9 Å². The predicted molar refractivity (Wildman–Crippen MR) is 79.0 cm³/mol. The van der Waals surface area contributed by atoms with Crippen molar-refractivity contribution < 1.29 is 0 Å². The number of rotatable bonds is 7. The van der Waals surface area contributed by atoms with Crippen LogP contribution in [-0.4, -0.2) is 27.3 Å². The highest BCUT2D eigenvalue weighted by Crippen LogP contribution is 2.31. The van der Waals surface area contributed by atoms with E-state index >= 15 is 0 Å². The summed E-state index contributed by atoms with van der Waals surface area (Å²) in [4.78, 5) is 0. The molecule has 1 aliphatic rings. The highest BCUT2D eigenvalue weighted by Gasteiger charge is 2.19. The number of thioether (sulfide) groups is 1. The van der Waals surface area contributed by atoms with Crippen LogP contribution in [0.1, 0.15) is 50.8 Å². The molecule has 0 aromatic carbocycles. The molecule has 1 atom stereocenters. The van der Waals surface area contributed by atoms with Crippen molar-refractivity contribution >= 4 is 11.8 Å². The third-order valence-electron chi connectivity index (χ3n) is 3.53. The first-order chi connectivity index (χ1) is 8.79. The van der Waals surface area contributed by atoms with Gasteiger partial charge in [-0.15, -0.1) is 0 Å². The zero-order valence-corrected chi connectivity index (χ0v) is 12.4. The molecule has 0 radical (unpaired) electrons. The third kappa shape index (κ3) is 4.02. The van der Waals surface area contributed by atoms with Crippen molar-refractivity contribution in [3.8, 4) is 0 Å². The molecule has 3 nitrogen and oxygen atoms in total. The van der Waals surface area contributed by atoms with E-state index in [2.05, 4.69) is 35.2 Å². The van der Waals surface area contributed by atoms with E-state index in [4.69, 9.17) is 0 Å². The lowest BCUT2D eigenvalue weighted by Crippen LogP contribution is -2.25. The standard InChI is InChI=1S/C14H25N3S/c1-3-9-15-14(13-8-10-17(2)16-13)11-18-12-6-4-5-7-12/h8,10,12,14-15H,3-7,9,11H2,1-2H3. The van der Waals surface area contributed by atoms with Crippen LogP contribution in [0.4, 0.5) is 0 Å². The maximum absolute atomic E-state index is 4.55. The Morgan fingerprint density at radius 2 is 2.28 bits per heavy atom. The molecule has 0 aliphatic heterocycles. The summed E-state index contributed by atoms with van der Waals surface area (Å²) < 4.78 is 1.90. The van der Waals surface area contributed by atoms with Gasteiger partial charge in [-0.1, -0.05) is 19.8 Å². The molecule has 2 rings (SSSR count). The Labute approximate surface area is 115 Å². The van der Waals surface area contributed by atoms with E-state index in [1.807, 2.05) is 17.9 Å². The van der Waals surface area contributed by atoms with E-state index in [0.29, 0.717) is 6.04 Å². The van der Waals surface area contributed by atoms with Crippen LogP contribution >= 0.6 is 11.8 Å². The normalized spacial score (nSPS) is 18.3.